The predicted octanol–water partition coefficient (Wildman–Crippen LogP) is 3.10. The van der Waals surface area contributed by atoms with Crippen LogP contribution < -0.4 is 5.32 Å². The van der Waals surface area contributed by atoms with E-state index in [1.807, 2.05) is 24.3 Å². The molecule has 0 saturated heterocycles. The topological polar surface area (TPSA) is 37.8 Å². The number of anilines is 1. The van der Waals surface area contributed by atoms with Crippen LogP contribution in [0.25, 0.3) is 0 Å². The fourth-order valence-corrected chi connectivity index (χ4v) is 2.20. The summed E-state index contributed by atoms with van der Waals surface area (Å²) in [6.45, 7) is 0. The Hall–Kier alpha value is -1.61. The lowest BCUT2D eigenvalue weighted by Crippen LogP contribution is -2.06. The maximum atomic E-state index is 5.98. The highest BCUT2D eigenvalue weighted by Gasteiger charge is 2.38. The first-order chi connectivity index (χ1) is 8.33. The summed E-state index contributed by atoms with van der Waals surface area (Å²) in [6.07, 6.45) is 4.59. The van der Waals surface area contributed by atoms with Gasteiger partial charge in [0.25, 0.3) is 0 Å². The zero-order valence-electron chi connectivity index (χ0n) is 9.18. The van der Waals surface area contributed by atoms with Crippen LogP contribution in [0.1, 0.15) is 17.9 Å². The first-order valence-corrected chi connectivity index (χ1v) is 6.00. The maximum Gasteiger partial charge on any atom is 0.222 e. The van der Waals surface area contributed by atoms with Gasteiger partial charge in [-0.1, -0.05) is 23.7 Å². The Morgan fingerprint density at radius 2 is 2.00 bits per heavy atom. The van der Waals surface area contributed by atoms with Gasteiger partial charge in [-0.2, -0.15) is 0 Å². The van der Waals surface area contributed by atoms with E-state index in [4.69, 9.17) is 11.6 Å². The second-order valence-electron chi connectivity index (χ2n) is 4.22. The van der Waals surface area contributed by atoms with Gasteiger partial charge in [-0.05, 0) is 30.2 Å². The molecule has 1 saturated carbocycles. The molecule has 1 aliphatic rings. The van der Waals surface area contributed by atoms with Gasteiger partial charge in [0.1, 0.15) is 0 Å². The van der Waals surface area contributed by atoms with Crippen LogP contribution in [-0.4, -0.2) is 16.0 Å². The Bertz CT molecular complexity index is 515. The number of benzene rings is 1. The van der Waals surface area contributed by atoms with E-state index in [2.05, 4.69) is 21.4 Å². The predicted molar refractivity (Wildman–Crippen MR) is 68.3 cm³/mol. The molecule has 1 aromatic carbocycles. The minimum absolute atomic E-state index is 0.427. The highest BCUT2D eigenvalue weighted by molar-refractivity contribution is 6.30. The molecule has 0 radical (unpaired) electrons. The maximum absolute atomic E-state index is 5.98. The number of hydrogen-bond donors (Lipinski definition) is 1. The van der Waals surface area contributed by atoms with Crippen molar-refractivity contribution in [2.45, 2.75) is 18.4 Å². The molecule has 17 heavy (non-hydrogen) atoms. The molecule has 1 aliphatic carbocycles. The molecule has 86 valence electrons. The van der Waals surface area contributed by atoms with Gasteiger partial charge in [0.05, 0.1) is 0 Å². The summed E-state index contributed by atoms with van der Waals surface area (Å²) in [7, 11) is 0. The van der Waals surface area contributed by atoms with Crippen molar-refractivity contribution in [2.24, 2.45) is 0 Å². The van der Waals surface area contributed by atoms with Crippen molar-refractivity contribution >= 4 is 17.5 Å². The number of nitrogens with one attached hydrogen (secondary N) is 1. The first kappa shape index (κ1) is 10.5. The van der Waals surface area contributed by atoms with Crippen molar-refractivity contribution in [3.05, 3.63) is 53.3 Å². The normalized spacial score (nSPS) is 22.2. The molecule has 1 aromatic heterocycles. The van der Waals surface area contributed by atoms with Gasteiger partial charge in [-0.15, -0.1) is 0 Å². The molecule has 3 nitrogen and oxygen atoms in total. The average molecular weight is 246 g/mol. The molecule has 2 unspecified atom stereocenters. The van der Waals surface area contributed by atoms with Crippen LogP contribution in [0.3, 0.4) is 0 Å². The van der Waals surface area contributed by atoms with Crippen molar-refractivity contribution in [3.63, 3.8) is 0 Å². The second-order valence-corrected chi connectivity index (χ2v) is 4.66. The smallest absolute Gasteiger partial charge is 0.222 e. The number of hydrogen-bond acceptors (Lipinski definition) is 3. The first-order valence-electron chi connectivity index (χ1n) is 5.62. The van der Waals surface area contributed by atoms with Crippen molar-refractivity contribution in [1.82, 2.24) is 9.97 Å². The quantitative estimate of drug-likeness (QED) is 0.903. The van der Waals surface area contributed by atoms with E-state index in [-0.39, 0.29) is 0 Å². The third-order valence-corrected chi connectivity index (χ3v) is 3.18. The van der Waals surface area contributed by atoms with E-state index in [0.29, 0.717) is 17.9 Å². The van der Waals surface area contributed by atoms with E-state index in [9.17, 15) is 0 Å². The van der Waals surface area contributed by atoms with Crippen molar-refractivity contribution in [2.75, 3.05) is 5.32 Å². The fraction of sp³-hybridized carbons (Fsp3) is 0.231. The van der Waals surface area contributed by atoms with Gasteiger partial charge in [0.15, 0.2) is 0 Å². The van der Waals surface area contributed by atoms with Crippen LogP contribution in [0.5, 0.6) is 0 Å². The lowest BCUT2D eigenvalue weighted by molar-refractivity contribution is 1.00. The van der Waals surface area contributed by atoms with Crippen molar-refractivity contribution < 1.29 is 0 Å². The summed E-state index contributed by atoms with van der Waals surface area (Å²) in [5.74, 6) is 1.22. The Morgan fingerprint density at radius 1 is 1.18 bits per heavy atom. The summed E-state index contributed by atoms with van der Waals surface area (Å²) in [6, 6.07) is 10.3. The lowest BCUT2D eigenvalue weighted by atomic mass is 10.1. The highest BCUT2D eigenvalue weighted by Crippen LogP contribution is 2.42. The van der Waals surface area contributed by atoms with Crippen LogP contribution in [0, 0.1) is 0 Å². The average Bonchev–Trinajstić information content (AvgIpc) is 3.10. The summed E-state index contributed by atoms with van der Waals surface area (Å²) in [4.78, 5) is 8.31. The number of nitrogens with zero attached hydrogens (tertiary/aromatic N) is 2. The summed E-state index contributed by atoms with van der Waals surface area (Å²) >= 11 is 5.98. The minimum atomic E-state index is 0.427. The zero-order valence-corrected chi connectivity index (χ0v) is 9.93. The Labute approximate surface area is 105 Å². The molecule has 4 heteroatoms. The third kappa shape index (κ3) is 2.39. The summed E-state index contributed by atoms with van der Waals surface area (Å²) in [5, 5.41) is 4.11. The largest absolute Gasteiger partial charge is 0.351 e. The van der Waals surface area contributed by atoms with Gasteiger partial charge < -0.3 is 5.32 Å². The van der Waals surface area contributed by atoms with Crippen LogP contribution >= 0.6 is 11.6 Å². The van der Waals surface area contributed by atoms with Gasteiger partial charge in [0.2, 0.25) is 5.95 Å². The molecular weight excluding hydrogens is 234 g/mol. The van der Waals surface area contributed by atoms with Crippen LogP contribution in [0.15, 0.2) is 42.7 Å². The molecule has 1 N–H and O–H groups in total. The molecule has 1 heterocycles. The molecule has 0 aliphatic heterocycles. The second kappa shape index (κ2) is 4.34. The SMILES string of the molecule is Clc1cccc(C2CC2Nc2ncccn2)c1. The van der Waals surface area contributed by atoms with Crippen LogP contribution in [-0.2, 0) is 0 Å². The molecule has 0 spiro atoms. The summed E-state index contributed by atoms with van der Waals surface area (Å²) in [5.41, 5.74) is 1.28. The molecule has 3 rings (SSSR count). The molecule has 1 fully saturated rings. The van der Waals surface area contributed by atoms with Crippen LogP contribution in [0.2, 0.25) is 5.02 Å². The van der Waals surface area contributed by atoms with E-state index in [0.717, 1.165) is 11.4 Å². The fourth-order valence-electron chi connectivity index (χ4n) is 2.00. The lowest BCUT2D eigenvalue weighted by Gasteiger charge is -2.03. The highest BCUT2D eigenvalue weighted by atomic mass is 35.5. The van der Waals surface area contributed by atoms with Gasteiger partial charge in [-0.3, -0.25) is 0 Å². The Kier molecular flexibility index (Phi) is 2.69. The van der Waals surface area contributed by atoms with Gasteiger partial charge in [-0.25, -0.2) is 9.97 Å². The van der Waals surface area contributed by atoms with E-state index >= 15 is 0 Å². The van der Waals surface area contributed by atoms with Crippen molar-refractivity contribution in [1.29, 1.82) is 0 Å². The van der Waals surface area contributed by atoms with E-state index in [1.54, 1.807) is 12.4 Å². The minimum Gasteiger partial charge on any atom is -0.351 e. The molecule has 0 amide bonds. The molecule has 0 bridgehead atoms. The summed E-state index contributed by atoms with van der Waals surface area (Å²) < 4.78 is 0. The standard InChI is InChI=1S/C13H12ClN3/c14-10-4-1-3-9(7-10)11-8-12(11)17-13-15-5-2-6-16-13/h1-7,11-12H,8H2,(H,15,16,17). The monoisotopic (exact) mass is 245 g/mol. The van der Waals surface area contributed by atoms with E-state index < -0.39 is 0 Å². The molecular formula is C13H12ClN3. The number of rotatable bonds is 3. The Morgan fingerprint density at radius 3 is 2.76 bits per heavy atom. The van der Waals surface area contributed by atoms with Crippen molar-refractivity contribution in [3.8, 4) is 0 Å². The number of aromatic nitrogens is 2. The van der Waals surface area contributed by atoms with Gasteiger partial charge in [0, 0.05) is 29.4 Å². The third-order valence-electron chi connectivity index (χ3n) is 2.95. The van der Waals surface area contributed by atoms with E-state index in [1.165, 1.54) is 5.56 Å². The van der Waals surface area contributed by atoms with Crippen LogP contribution in [0.4, 0.5) is 5.95 Å². The Balaban J connectivity index is 1.67. The molecule has 2 atom stereocenters. The zero-order chi connectivity index (χ0) is 11.7. The number of halogens is 1. The molecule has 2 aromatic rings. The van der Waals surface area contributed by atoms with Gasteiger partial charge >= 0.3 is 0 Å².